The first-order chi connectivity index (χ1) is 15.2. The maximum absolute atomic E-state index is 12.2. The molecule has 16 nitrogen and oxygen atoms in total. The molecule has 3 rings (SSSR count). The molecule has 17 heteroatoms. The first-order valence-corrected chi connectivity index (χ1v) is 9.87. The Labute approximate surface area is 190 Å². The number of carboxylic acids is 3. The molecule has 1 fully saturated rings. The number of halogens is 1. The van der Waals surface area contributed by atoms with Gasteiger partial charge in [0.1, 0.15) is 11.7 Å². The zero-order valence-corrected chi connectivity index (χ0v) is 18.0. The van der Waals surface area contributed by atoms with Gasteiger partial charge in [-0.25, -0.2) is 4.98 Å². The van der Waals surface area contributed by atoms with Crippen LogP contribution >= 0.6 is 15.9 Å². The summed E-state index contributed by atoms with van der Waals surface area (Å²) in [7, 11) is 0. The molecule has 1 aliphatic heterocycles. The van der Waals surface area contributed by atoms with Crippen molar-refractivity contribution in [2.24, 2.45) is 0 Å². The molecule has 2 aromatic heterocycles. The molecular weight excluding hydrogens is 518 g/mol. The Morgan fingerprint density at radius 1 is 1.12 bits per heavy atom. The van der Waals surface area contributed by atoms with Crippen molar-refractivity contribution in [2.45, 2.75) is 48.9 Å². The molecule has 0 spiro atoms. The molecular formula is C16H18BrN5O11. The summed E-state index contributed by atoms with van der Waals surface area (Å²) in [5.41, 5.74) is -1.96. The molecule has 1 unspecified atom stereocenters. The zero-order chi connectivity index (χ0) is 24.9. The third kappa shape index (κ3) is 4.04. The number of rotatable bonds is 8. The number of ether oxygens (including phenoxy) is 1. The van der Waals surface area contributed by atoms with Crippen molar-refractivity contribution in [3.8, 4) is 0 Å². The van der Waals surface area contributed by atoms with Crippen molar-refractivity contribution in [3.63, 3.8) is 0 Å². The van der Waals surface area contributed by atoms with Crippen LogP contribution in [0.5, 0.6) is 0 Å². The Balaban J connectivity index is 2.30. The Morgan fingerprint density at radius 2 is 1.70 bits per heavy atom. The number of hydrogen-bond acceptors (Lipinski definition) is 11. The molecule has 5 atom stereocenters. The standard InChI is InChI=1S/C16H18BrN5O11/c17-13-19-8-10(20-14(18)21-11(8)30)22(13)12-16(32,3-7(28)29)15(31,2-6(26)27)9(33-12)4(23)1-5(24)25/h4,9,12,23,31-32H,1-3H2,(H,24,25)(H,26,27)(H,28,29)(H3,18,20,21,30)/t4?,9-,12-,15-,16+/m1/s1. The summed E-state index contributed by atoms with van der Waals surface area (Å²) in [5, 5.41) is 60.8. The average Bonchev–Trinajstić information content (AvgIpc) is 3.06. The second-order valence-electron chi connectivity index (χ2n) is 7.44. The molecule has 3 heterocycles. The van der Waals surface area contributed by atoms with Gasteiger partial charge in [-0.05, 0) is 15.9 Å². The lowest BCUT2D eigenvalue weighted by atomic mass is 9.73. The smallest absolute Gasteiger partial charge is 0.306 e. The topological polar surface area (TPSA) is 271 Å². The van der Waals surface area contributed by atoms with Crippen LogP contribution in [0.1, 0.15) is 25.5 Å². The van der Waals surface area contributed by atoms with Gasteiger partial charge in [-0.3, -0.25) is 28.7 Å². The number of hydrogen-bond donors (Lipinski definition) is 8. The van der Waals surface area contributed by atoms with Gasteiger partial charge in [0.15, 0.2) is 27.7 Å². The van der Waals surface area contributed by atoms with Gasteiger partial charge >= 0.3 is 17.9 Å². The van der Waals surface area contributed by atoms with Crippen molar-refractivity contribution in [1.29, 1.82) is 0 Å². The molecule has 33 heavy (non-hydrogen) atoms. The first kappa shape index (κ1) is 24.5. The van der Waals surface area contributed by atoms with E-state index >= 15 is 0 Å². The number of imidazole rings is 1. The van der Waals surface area contributed by atoms with E-state index in [0.29, 0.717) is 0 Å². The summed E-state index contributed by atoms with van der Waals surface area (Å²) in [6.45, 7) is 0. The maximum Gasteiger partial charge on any atom is 0.306 e. The molecule has 0 radical (unpaired) electrons. The van der Waals surface area contributed by atoms with Gasteiger partial charge in [-0.2, -0.15) is 4.98 Å². The lowest BCUT2D eigenvalue weighted by molar-refractivity contribution is -0.188. The van der Waals surface area contributed by atoms with Crippen LogP contribution in [0.25, 0.3) is 11.2 Å². The number of aromatic nitrogens is 4. The number of aromatic amines is 1. The molecule has 1 aliphatic rings. The largest absolute Gasteiger partial charge is 0.481 e. The number of aliphatic hydroxyl groups excluding tert-OH is 1. The molecule has 0 bridgehead atoms. The van der Waals surface area contributed by atoms with E-state index in [1.807, 2.05) is 0 Å². The van der Waals surface area contributed by atoms with Crippen LogP contribution < -0.4 is 11.3 Å². The minimum absolute atomic E-state index is 0.263. The molecule has 0 aromatic carbocycles. The van der Waals surface area contributed by atoms with Gasteiger partial charge in [0.25, 0.3) is 5.56 Å². The fourth-order valence-electron chi connectivity index (χ4n) is 3.93. The fourth-order valence-corrected chi connectivity index (χ4v) is 4.46. The predicted molar refractivity (Wildman–Crippen MR) is 107 cm³/mol. The van der Waals surface area contributed by atoms with Crippen molar-refractivity contribution in [3.05, 3.63) is 15.1 Å². The Morgan fingerprint density at radius 3 is 2.24 bits per heavy atom. The van der Waals surface area contributed by atoms with Crippen LogP contribution in [0.15, 0.2) is 9.53 Å². The summed E-state index contributed by atoms with van der Waals surface area (Å²) < 4.78 is 6.10. The lowest BCUT2D eigenvalue weighted by Gasteiger charge is -2.40. The number of nitrogen functional groups attached to an aromatic ring is 1. The third-order valence-corrected chi connectivity index (χ3v) is 5.80. The minimum atomic E-state index is -3.01. The molecule has 1 saturated heterocycles. The van der Waals surface area contributed by atoms with Crippen LogP contribution in [-0.4, -0.2) is 91.5 Å². The Kier molecular flexibility index (Phi) is 6.20. The number of carboxylic acid groups (broad SMARTS) is 3. The lowest BCUT2D eigenvalue weighted by Crippen LogP contribution is -2.62. The number of nitrogens with two attached hydrogens (primary N) is 1. The number of aliphatic hydroxyl groups is 3. The number of anilines is 1. The van der Waals surface area contributed by atoms with E-state index < -0.39 is 78.3 Å². The molecule has 9 N–H and O–H groups in total. The summed E-state index contributed by atoms with van der Waals surface area (Å²) in [4.78, 5) is 56.3. The summed E-state index contributed by atoms with van der Waals surface area (Å²) in [6.07, 6.45) is -9.88. The monoisotopic (exact) mass is 535 g/mol. The summed E-state index contributed by atoms with van der Waals surface area (Å²) in [6, 6.07) is 0. The molecule has 0 aliphatic carbocycles. The molecule has 0 saturated carbocycles. The van der Waals surface area contributed by atoms with E-state index in [4.69, 9.17) is 15.6 Å². The second-order valence-corrected chi connectivity index (χ2v) is 8.15. The van der Waals surface area contributed by atoms with E-state index in [1.165, 1.54) is 0 Å². The first-order valence-electron chi connectivity index (χ1n) is 9.08. The second kappa shape index (κ2) is 8.34. The van der Waals surface area contributed by atoms with Gasteiger partial charge in [0, 0.05) is 0 Å². The highest BCUT2D eigenvalue weighted by molar-refractivity contribution is 9.10. The van der Waals surface area contributed by atoms with Crippen molar-refractivity contribution >= 4 is 51.0 Å². The van der Waals surface area contributed by atoms with Crippen LogP contribution in [0.3, 0.4) is 0 Å². The molecule has 2 aromatic rings. The van der Waals surface area contributed by atoms with E-state index in [0.717, 1.165) is 4.57 Å². The van der Waals surface area contributed by atoms with Gasteiger partial charge in [0.2, 0.25) is 5.95 Å². The van der Waals surface area contributed by atoms with Gasteiger partial charge in [-0.15, -0.1) is 0 Å². The van der Waals surface area contributed by atoms with E-state index in [1.54, 1.807) is 0 Å². The van der Waals surface area contributed by atoms with Crippen molar-refractivity contribution in [2.75, 3.05) is 5.73 Å². The number of carbonyl (C=O) groups is 3. The fraction of sp³-hybridized carbons (Fsp3) is 0.500. The van der Waals surface area contributed by atoms with Crippen LogP contribution in [-0.2, 0) is 19.1 Å². The molecule has 180 valence electrons. The highest BCUT2D eigenvalue weighted by Gasteiger charge is 2.69. The number of aliphatic carboxylic acids is 3. The van der Waals surface area contributed by atoms with Crippen molar-refractivity contribution < 1.29 is 49.8 Å². The molecule has 0 amide bonds. The number of fused-ring (bicyclic) bond motifs is 1. The van der Waals surface area contributed by atoms with Crippen molar-refractivity contribution in [1.82, 2.24) is 19.5 Å². The Hall–Kier alpha value is -3.12. The van der Waals surface area contributed by atoms with Gasteiger partial charge in [0.05, 0.1) is 25.4 Å². The maximum atomic E-state index is 12.2. The van der Waals surface area contributed by atoms with Crippen LogP contribution in [0, 0.1) is 0 Å². The average molecular weight is 536 g/mol. The SMILES string of the molecule is Nc1nc2c(nc(Br)n2[C@@H]2O[C@H](C(O)CC(=O)O)[C@](O)(CC(=O)O)[C@]2(O)CC(=O)O)c(=O)[nH]1. The van der Waals surface area contributed by atoms with E-state index in [9.17, 15) is 44.7 Å². The van der Waals surface area contributed by atoms with E-state index in [2.05, 4.69) is 30.9 Å². The zero-order valence-electron chi connectivity index (χ0n) is 16.4. The quantitative estimate of drug-likeness (QED) is 0.164. The van der Waals surface area contributed by atoms with Gasteiger partial charge in [-0.1, -0.05) is 0 Å². The predicted octanol–water partition coefficient (Wildman–Crippen LogP) is -2.39. The number of H-pyrrole nitrogens is 1. The highest BCUT2D eigenvalue weighted by atomic mass is 79.9. The highest BCUT2D eigenvalue weighted by Crippen LogP contribution is 2.52. The number of nitrogens with one attached hydrogen (secondary N) is 1. The summed E-state index contributed by atoms with van der Waals surface area (Å²) in [5.74, 6) is -5.37. The minimum Gasteiger partial charge on any atom is -0.481 e. The number of nitrogens with zero attached hydrogens (tertiary/aromatic N) is 3. The third-order valence-electron chi connectivity index (χ3n) is 5.24. The normalized spacial score (nSPS) is 28.1. The van der Waals surface area contributed by atoms with Crippen LogP contribution in [0.4, 0.5) is 5.95 Å². The summed E-state index contributed by atoms with van der Waals surface area (Å²) >= 11 is 3.01. The van der Waals surface area contributed by atoms with Gasteiger partial charge < -0.3 is 41.1 Å². The van der Waals surface area contributed by atoms with E-state index in [-0.39, 0.29) is 15.9 Å². The Bertz CT molecular complexity index is 1200. The van der Waals surface area contributed by atoms with Crippen LogP contribution in [0.2, 0.25) is 0 Å².